The van der Waals surface area contributed by atoms with E-state index in [9.17, 15) is 9.90 Å². The van der Waals surface area contributed by atoms with Crippen molar-refractivity contribution in [3.8, 4) is 11.3 Å². The molecule has 0 aliphatic carbocycles. The lowest BCUT2D eigenvalue weighted by atomic mass is 10.0. The standard InChI is InChI=1S/C16H19N3O2/c1-11-10-12(14-3-5-16(21)18-17-14)2-4-15(11)19-8-6-13(20)7-9-19/h2-5,10,13,20H,6-9H2,1H3,(H,18,21). The number of anilines is 1. The van der Waals surface area contributed by atoms with Crippen LogP contribution in [-0.4, -0.2) is 34.5 Å². The zero-order chi connectivity index (χ0) is 14.8. The predicted octanol–water partition coefficient (Wildman–Crippen LogP) is 1.71. The van der Waals surface area contributed by atoms with Crippen LogP contribution in [0.15, 0.2) is 35.1 Å². The Morgan fingerprint density at radius 2 is 2.00 bits per heavy atom. The summed E-state index contributed by atoms with van der Waals surface area (Å²) in [6.07, 6.45) is 1.48. The van der Waals surface area contributed by atoms with Crippen molar-refractivity contribution in [3.05, 3.63) is 46.2 Å². The van der Waals surface area contributed by atoms with Crippen molar-refractivity contribution in [2.24, 2.45) is 0 Å². The van der Waals surface area contributed by atoms with E-state index in [1.54, 1.807) is 6.07 Å². The predicted molar refractivity (Wildman–Crippen MR) is 82.5 cm³/mol. The molecule has 0 unspecified atom stereocenters. The Balaban J connectivity index is 1.86. The van der Waals surface area contributed by atoms with E-state index in [1.165, 1.54) is 17.3 Å². The number of rotatable bonds is 2. The molecule has 1 aliphatic heterocycles. The van der Waals surface area contributed by atoms with Gasteiger partial charge in [0.1, 0.15) is 0 Å². The van der Waals surface area contributed by atoms with Gasteiger partial charge in [-0.1, -0.05) is 6.07 Å². The average molecular weight is 285 g/mol. The first-order valence-corrected chi connectivity index (χ1v) is 7.23. The second kappa shape index (κ2) is 5.69. The Labute approximate surface area is 123 Å². The summed E-state index contributed by atoms with van der Waals surface area (Å²) in [5.41, 5.74) is 3.94. The molecule has 0 radical (unpaired) electrons. The molecule has 5 heteroatoms. The number of nitrogens with one attached hydrogen (secondary N) is 1. The van der Waals surface area contributed by atoms with Gasteiger partial charge in [0, 0.05) is 30.4 Å². The number of piperidine rings is 1. The largest absolute Gasteiger partial charge is 0.393 e. The van der Waals surface area contributed by atoms with E-state index in [4.69, 9.17) is 0 Å². The van der Waals surface area contributed by atoms with Crippen molar-refractivity contribution in [2.45, 2.75) is 25.9 Å². The molecule has 3 rings (SSSR count). The first-order chi connectivity index (χ1) is 10.1. The smallest absolute Gasteiger partial charge is 0.264 e. The third-order valence-corrected chi connectivity index (χ3v) is 3.98. The summed E-state index contributed by atoms with van der Waals surface area (Å²) in [5.74, 6) is 0. The molecule has 2 N–H and O–H groups in total. The number of benzene rings is 1. The Hall–Kier alpha value is -2.14. The molecule has 1 aliphatic rings. The summed E-state index contributed by atoms with van der Waals surface area (Å²) < 4.78 is 0. The van der Waals surface area contributed by atoms with Crippen LogP contribution in [0.5, 0.6) is 0 Å². The quantitative estimate of drug-likeness (QED) is 0.881. The highest BCUT2D eigenvalue weighted by Crippen LogP contribution is 2.27. The third kappa shape index (κ3) is 2.97. The van der Waals surface area contributed by atoms with Crippen LogP contribution in [0.1, 0.15) is 18.4 Å². The maximum atomic E-state index is 11.1. The molecule has 1 aromatic heterocycles. The number of aromatic nitrogens is 2. The van der Waals surface area contributed by atoms with E-state index in [0.29, 0.717) is 0 Å². The lowest BCUT2D eigenvalue weighted by Crippen LogP contribution is -2.36. The fourth-order valence-electron chi connectivity index (χ4n) is 2.78. The third-order valence-electron chi connectivity index (χ3n) is 3.98. The second-order valence-corrected chi connectivity index (χ2v) is 5.53. The second-order valence-electron chi connectivity index (χ2n) is 5.53. The van der Waals surface area contributed by atoms with Crippen LogP contribution in [0.2, 0.25) is 0 Å². The molecule has 0 bridgehead atoms. The van der Waals surface area contributed by atoms with Crippen molar-refractivity contribution in [2.75, 3.05) is 18.0 Å². The fourth-order valence-corrected chi connectivity index (χ4v) is 2.78. The van der Waals surface area contributed by atoms with Gasteiger partial charge in [-0.25, -0.2) is 5.10 Å². The lowest BCUT2D eigenvalue weighted by Gasteiger charge is -2.32. The SMILES string of the molecule is Cc1cc(-c2ccc(=O)[nH]n2)ccc1N1CCC(O)CC1. The van der Waals surface area contributed by atoms with E-state index in [0.717, 1.165) is 37.2 Å². The van der Waals surface area contributed by atoms with E-state index < -0.39 is 0 Å². The number of aliphatic hydroxyl groups excluding tert-OH is 1. The summed E-state index contributed by atoms with van der Waals surface area (Å²) in [6.45, 7) is 3.85. The minimum atomic E-state index is -0.195. The van der Waals surface area contributed by atoms with Crippen molar-refractivity contribution in [1.82, 2.24) is 10.2 Å². The number of aryl methyl sites for hydroxylation is 1. The molecule has 110 valence electrons. The molecule has 1 aromatic carbocycles. The van der Waals surface area contributed by atoms with Crippen molar-refractivity contribution in [3.63, 3.8) is 0 Å². The molecule has 0 spiro atoms. The van der Waals surface area contributed by atoms with Gasteiger partial charge >= 0.3 is 0 Å². The molecule has 0 amide bonds. The minimum absolute atomic E-state index is 0.161. The number of hydrogen-bond acceptors (Lipinski definition) is 4. The van der Waals surface area contributed by atoms with Crippen LogP contribution in [0, 0.1) is 6.92 Å². The van der Waals surface area contributed by atoms with Gasteiger partial charge in [0.05, 0.1) is 11.8 Å². The molecular weight excluding hydrogens is 266 g/mol. The summed E-state index contributed by atoms with van der Waals surface area (Å²) in [5, 5.41) is 16.1. The van der Waals surface area contributed by atoms with Crippen molar-refractivity contribution < 1.29 is 5.11 Å². The molecule has 2 aromatic rings. The van der Waals surface area contributed by atoms with Gasteiger partial charge < -0.3 is 10.0 Å². The van der Waals surface area contributed by atoms with Crippen LogP contribution >= 0.6 is 0 Å². The zero-order valence-corrected chi connectivity index (χ0v) is 12.0. The fraction of sp³-hybridized carbons (Fsp3) is 0.375. The van der Waals surface area contributed by atoms with Gasteiger partial charge in [-0.05, 0) is 43.5 Å². The Bertz CT molecular complexity index is 668. The van der Waals surface area contributed by atoms with Gasteiger partial charge in [-0.15, -0.1) is 0 Å². The normalized spacial score (nSPS) is 16.2. The van der Waals surface area contributed by atoms with Gasteiger partial charge in [-0.2, -0.15) is 5.10 Å². The van der Waals surface area contributed by atoms with Gasteiger partial charge in [-0.3, -0.25) is 4.79 Å². The van der Waals surface area contributed by atoms with Gasteiger partial charge in [0.15, 0.2) is 0 Å². The Morgan fingerprint density at radius 1 is 1.24 bits per heavy atom. The number of H-pyrrole nitrogens is 1. The highest BCUT2D eigenvalue weighted by Gasteiger charge is 2.18. The lowest BCUT2D eigenvalue weighted by molar-refractivity contribution is 0.145. The van der Waals surface area contributed by atoms with E-state index in [-0.39, 0.29) is 11.7 Å². The monoisotopic (exact) mass is 285 g/mol. The van der Waals surface area contributed by atoms with Crippen LogP contribution in [0.3, 0.4) is 0 Å². The number of hydrogen-bond donors (Lipinski definition) is 2. The Kier molecular flexibility index (Phi) is 3.75. The van der Waals surface area contributed by atoms with Crippen LogP contribution in [-0.2, 0) is 0 Å². The molecular formula is C16H19N3O2. The molecule has 2 heterocycles. The maximum Gasteiger partial charge on any atom is 0.264 e. The molecule has 1 fully saturated rings. The van der Waals surface area contributed by atoms with Crippen LogP contribution < -0.4 is 10.5 Å². The summed E-state index contributed by atoms with van der Waals surface area (Å²) in [6, 6.07) is 9.41. The average Bonchev–Trinajstić information content (AvgIpc) is 2.49. The summed E-state index contributed by atoms with van der Waals surface area (Å²) in [7, 11) is 0. The molecule has 0 atom stereocenters. The van der Waals surface area contributed by atoms with Crippen molar-refractivity contribution >= 4 is 5.69 Å². The molecule has 5 nitrogen and oxygen atoms in total. The molecule has 21 heavy (non-hydrogen) atoms. The number of nitrogens with zero attached hydrogens (tertiary/aromatic N) is 2. The first-order valence-electron chi connectivity index (χ1n) is 7.23. The van der Waals surface area contributed by atoms with Gasteiger partial charge in [0.2, 0.25) is 0 Å². The minimum Gasteiger partial charge on any atom is -0.393 e. The van der Waals surface area contributed by atoms with Crippen LogP contribution in [0.25, 0.3) is 11.3 Å². The summed E-state index contributed by atoms with van der Waals surface area (Å²) in [4.78, 5) is 13.4. The summed E-state index contributed by atoms with van der Waals surface area (Å²) >= 11 is 0. The molecule has 1 saturated heterocycles. The highest BCUT2D eigenvalue weighted by atomic mass is 16.3. The first kappa shape index (κ1) is 13.8. The van der Waals surface area contributed by atoms with E-state index in [1.807, 2.05) is 6.07 Å². The van der Waals surface area contributed by atoms with Crippen molar-refractivity contribution in [1.29, 1.82) is 0 Å². The van der Waals surface area contributed by atoms with E-state index >= 15 is 0 Å². The highest BCUT2D eigenvalue weighted by molar-refractivity contribution is 5.66. The van der Waals surface area contributed by atoms with Gasteiger partial charge in [0.25, 0.3) is 5.56 Å². The topological polar surface area (TPSA) is 69.2 Å². The zero-order valence-electron chi connectivity index (χ0n) is 12.0. The Morgan fingerprint density at radius 3 is 2.62 bits per heavy atom. The maximum absolute atomic E-state index is 11.1. The number of aliphatic hydroxyl groups is 1. The molecule has 0 saturated carbocycles. The number of aromatic amines is 1. The van der Waals surface area contributed by atoms with E-state index in [2.05, 4.69) is 34.2 Å². The van der Waals surface area contributed by atoms with Crippen LogP contribution in [0.4, 0.5) is 5.69 Å².